The molecule has 41 heavy (non-hydrogen) atoms. The minimum absolute atomic E-state index is 0.0258. The number of ether oxygens (including phenoxy) is 4. The summed E-state index contributed by atoms with van der Waals surface area (Å²) in [6.45, 7) is 3.53. The fourth-order valence-electron chi connectivity index (χ4n) is 6.60. The van der Waals surface area contributed by atoms with Crippen LogP contribution in [-0.2, 0) is 18.9 Å². The summed E-state index contributed by atoms with van der Waals surface area (Å²) in [5.41, 5.74) is 11.4. The zero-order chi connectivity index (χ0) is 27.9. The first kappa shape index (κ1) is 24.3. The van der Waals surface area contributed by atoms with Crippen molar-refractivity contribution in [3.05, 3.63) is 118 Å². The molecule has 4 bridgehead atoms. The molecule has 2 aliphatic carbocycles. The molecule has 1 saturated heterocycles. The number of cyclic esters (lactones) is 2. The molecule has 0 radical (unpaired) electrons. The van der Waals surface area contributed by atoms with Crippen molar-refractivity contribution in [1.82, 2.24) is 0 Å². The highest BCUT2D eigenvalue weighted by atomic mass is 16.8. The van der Waals surface area contributed by atoms with Crippen molar-refractivity contribution in [1.29, 1.82) is 0 Å². The van der Waals surface area contributed by atoms with Crippen molar-refractivity contribution in [2.75, 3.05) is 13.2 Å². The van der Waals surface area contributed by atoms with E-state index in [-0.39, 0.29) is 13.2 Å². The van der Waals surface area contributed by atoms with Gasteiger partial charge < -0.3 is 18.9 Å². The summed E-state index contributed by atoms with van der Waals surface area (Å²) in [7, 11) is 0. The number of hydrogen-bond acceptors (Lipinski definition) is 6. The Kier molecular flexibility index (Phi) is 5.18. The van der Waals surface area contributed by atoms with Crippen molar-refractivity contribution in [2.45, 2.75) is 31.8 Å². The van der Waals surface area contributed by atoms with Gasteiger partial charge in [-0.25, -0.2) is 9.59 Å². The Morgan fingerprint density at radius 1 is 0.537 bits per heavy atom. The molecular formula is C35H26O6. The van der Waals surface area contributed by atoms with Gasteiger partial charge in [0, 0.05) is 0 Å². The number of benzene rings is 4. The van der Waals surface area contributed by atoms with Crippen molar-refractivity contribution in [3.63, 3.8) is 0 Å². The summed E-state index contributed by atoms with van der Waals surface area (Å²) in [5, 5.41) is 0. The third-order valence-electron chi connectivity index (χ3n) is 8.31. The van der Waals surface area contributed by atoms with E-state index in [1.165, 1.54) is 0 Å². The number of rotatable bonds is 0. The molecule has 4 aromatic rings. The largest absolute Gasteiger partial charge is 0.459 e. The van der Waals surface area contributed by atoms with Gasteiger partial charge in [-0.05, 0) is 93.8 Å². The van der Waals surface area contributed by atoms with E-state index in [9.17, 15) is 9.59 Å². The Balaban J connectivity index is 1.38. The molecule has 202 valence electrons. The summed E-state index contributed by atoms with van der Waals surface area (Å²) < 4.78 is 23.5. The van der Waals surface area contributed by atoms with Gasteiger partial charge in [0.05, 0.1) is 11.1 Å². The van der Waals surface area contributed by atoms with Gasteiger partial charge in [0.25, 0.3) is 0 Å². The third-order valence-corrected chi connectivity index (χ3v) is 8.31. The van der Waals surface area contributed by atoms with Crippen LogP contribution in [0.2, 0.25) is 0 Å². The average Bonchev–Trinajstić information content (AvgIpc) is 3.59. The lowest BCUT2D eigenvalue weighted by molar-refractivity contribution is -0.151. The first-order chi connectivity index (χ1) is 19.9. The van der Waals surface area contributed by atoms with Crippen molar-refractivity contribution >= 4 is 23.1 Å². The van der Waals surface area contributed by atoms with Gasteiger partial charge in [-0.2, -0.15) is 0 Å². The molecule has 0 N–H and O–H groups in total. The lowest BCUT2D eigenvalue weighted by Crippen LogP contribution is -2.33. The molecule has 0 saturated carbocycles. The van der Waals surface area contributed by atoms with Gasteiger partial charge in [-0.15, -0.1) is 0 Å². The molecule has 0 aromatic heterocycles. The maximum atomic E-state index is 13.4. The van der Waals surface area contributed by atoms with E-state index in [4.69, 9.17) is 18.9 Å². The van der Waals surface area contributed by atoms with E-state index in [0.717, 1.165) is 55.7 Å². The fourth-order valence-corrected chi connectivity index (χ4v) is 6.60. The highest BCUT2D eigenvalue weighted by Gasteiger charge is 2.43. The SMILES string of the molecule is CC1(C)O[C@H]2COC(=O)c3ccc4c(c3)/C(=C3/c5ccccc5-c5ccc(cc53)C(=O)OC[C@@H]2O1)c1ccccc1-4. The normalized spacial score (nSPS) is 23.4. The third kappa shape index (κ3) is 3.71. The summed E-state index contributed by atoms with van der Waals surface area (Å²) in [6.07, 6.45) is -1.16. The molecule has 0 spiro atoms. The molecule has 2 aliphatic heterocycles. The second kappa shape index (κ2) is 8.74. The smallest absolute Gasteiger partial charge is 0.338 e. The maximum Gasteiger partial charge on any atom is 0.338 e. The van der Waals surface area contributed by atoms with Crippen LogP contribution in [0.5, 0.6) is 0 Å². The van der Waals surface area contributed by atoms with Crippen LogP contribution in [0.3, 0.4) is 0 Å². The maximum absolute atomic E-state index is 13.4. The molecule has 6 heteroatoms. The lowest BCUT2D eigenvalue weighted by Gasteiger charge is -2.18. The average molecular weight is 543 g/mol. The summed E-state index contributed by atoms with van der Waals surface area (Å²) >= 11 is 0. The molecule has 0 unspecified atom stereocenters. The van der Waals surface area contributed by atoms with Crippen LogP contribution in [0.25, 0.3) is 33.4 Å². The molecule has 4 aliphatic rings. The Labute approximate surface area is 237 Å². The van der Waals surface area contributed by atoms with E-state index in [2.05, 4.69) is 24.3 Å². The molecule has 1 fully saturated rings. The van der Waals surface area contributed by atoms with E-state index in [1.54, 1.807) is 13.8 Å². The van der Waals surface area contributed by atoms with Crippen molar-refractivity contribution in [3.8, 4) is 22.3 Å². The lowest BCUT2D eigenvalue weighted by atomic mass is 9.90. The highest BCUT2D eigenvalue weighted by molar-refractivity contribution is 6.19. The second-order valence-electron chi connectivity index (χ2n) is 11.3. The fraction of sp³-hybridized carbons (Fsp3) is 0.200. The van der Waals surface area contributed by atoms with Gasteiger partial charge in [0.1, 0.15) is 25.4 Å². The Morgan fingerprint density at radius 3 is 1.37 bits per heavy atom. The predicted molar refractivity (Wildman–Crippen MR) is 153 cm³/mol. The zero-order valence-electron chi connectivity index (χ0n) is 22.6. The minimum Gasteiger partial charge on any atom is -0.459 e. The van der Waals surface area contributed by atoms with E-state index >= 15 is 0 Å². The predicted octanol–water partition coefficient (Wildman–Crippen LogP) is 6.50. The second-order valence-corrected chi connectivity index (χ2v) is 11.3. The topological polar surface area (TPSA) is 71.1 Å². The van der Waals surface area contributed by atoms with Crippen LogP contribution in [0.1, 0.15) is 56.8 Å². The van der Waals surface area contributed by atoms with Crippen molar-refractivity contribution in [2.24, 2.45) is 0 Å². The van der Waals surface area contributed by atoms with Gasteiger partial charge in [0.2, 0.25) is 0 Å². The van der Waals surface area contributed by atoms with Gasteiger partial charge in [0.15, 0.2) is 5.79 Å². The molecule has 2 atom stereocenters. The van der Waals surface area contributed by atoms with Crippen molar-refractivity contribution < 1.29 is 28.5 Å². The van der Waals surface area contributed by atoms with Crippen LogP contribution in [-0.4, -0.2) is 43.1 Å². The van der Waals surface area contributed by atoms with Gasteiger partial charge in [-0.1, -0.05) is 60.7 Å². The highest BCUT2D eigenvalue weighted by Crippen LogP contribution is 2.54. The van der Waals surface area contributed by atoms with E-state index in [0.29, 0.717) is 11.1 Å². The van der Waals surface area contributed by atoms with E-state index < -0.39 is 29.9 Å². The van der Waals surface area contributed by atoms with Crippen LogP contribution < -0.4 is 0 Å². The standard InChI is InChI=1S/C35H26O6/c1-35(2)40-29-17-38-33(36)19-11-13-23-21-7-3-5-9-25(21)31(27(23)15-19)32-26-10-6-4-8-22(26)24-14-12-20(16-28(24)32)34(37)39-18-30(29)41-35/h3-16,29-30H,17-18H2,1-2H3/b32-31-/t29-,30-/m0/s1. The molecule has 8 rings (SSSR count). The van der Waals surface area contributed by atoms with Crippen LogP contribution >= 0.6 is 0 Å². The van der Waals surface area contributed by atoms with E-state index in [1.807, 2.05) is 60.7 Å². The van der Waals surface area contributed by atoms with Crippen LogP contribution in [0.15, 0.2) is 84.9 Å². The van der Waals surface area contributed by atoms with Gasteiger partial charge >= 0.3 is 11.9 Å². The first-order valence-corrected chi connectivity index (χ1v) is 13.8. The number of carbonyl (C=O) groups is 2. The Morgan fingerprint density at radius 2 is 0.927 bits per heavy atom. The first-order valence-electron chi connectivity index (χ1n) is 13.8. The minimum atomic E-state index is -0.899. The number of fused-ring (bicyclic) bond motifs is 9. The summed E-state index contributed by atoms with van der Waals surface area (Å²) in [6, 6.07) is 28.1. The summed E-state index contributed by atoms with van der Waals surface area (Å²) in [4.78, 5) is 26.7. The molecule has 4 aromatic carbocycles. The number of hydrogen-bond donors (Lipinski definition) is 0. The quantitative estimate of drug-likeness (QED) is 0.204. The van der Waals surface area contributed by atoms with Crippen LogP contribution in [0, 0.1) is 0 Å². The molecule has 0 amide bonds. The monoisotopic (exact) mass is 542 g/mol. The van der Waals surface area contributed by atoms with Crippen LogP contribution in [0.4, 0.5) is 0 Å². The molecular weight excluding hydrogens is 516 g/mol. The Hall–Kier alpha value is -4.52. The summed E-state index contributed by atoms with van der Waals surface area (Å²) in [5.74, 6) is -1.79. The number of carbonyl (C=O) groups excluding carboxylic acids is 2. The Bertz CT molecular complexity index is 1700. The number of esters is 2. The zero-order valence-corrected chi connectivity index (χ0v) is 22.6. The molecule has 6 nitrogen and oxygen atoms in total. The molecule has 2 heterocycles. The van der Waals surface area contributed by atoms with Gasteiger partial charge in [-0.3, -0.25) is 0 Å².